The van der Waals surface area contributed by atoms with E-state index >= 15 is 0 Å². The Labute approximate surface area is 73.7 Å². The van der Waals surface area contributed by atoms with E-state index in [4.69, 9.17) is 4.74 Å². The molecule has 12 heavy (non-hydrogen) atoms. The average molecular weight is 171 g/mol. The van der Waals surface area contributed by atoms with Crippen LogP contribution < -0.4 is 0 Å². The maximum atomic E-state index is 10.9. The molecule has 0 spiro atoms. The summed E-state index contributed by atoms with van der Waals surface area (Å²) in [5.41, 5.74) is 0. The molecule has 3 heteroatoms. The summed E-state index contributed by atoms with van der Waals surface area (Å²) in [5, 5.41) is 0. The number of piperidine rings is 1. The lowest BCUT2D eigenvalue weighted by Crippen LogP contribution is -2.36. The Morgan fingerprint density at radius 3 is 2.67 bits per heavy atom. The Morgan fingerprint density at radius 1 is 1.42 bits per heavy atom. The van der Waals surface area contributed by atoms with Crippen molar-refractivity contribution < 1.29 is 9.53 Å². The summed E-state index contributed by atoms with van der Waals surface area (Å²) in [7, 11) is 0. The number of nitrogens with zero attached hydrogens (tertiary/aromatic N) is 1. The lowest BCUT2D eigenvalue weighted by Gasteiger charge is -2.25. The predicted molar refractivity (Wildman–Crippen MR) is 47.2 cm³/mol. The molecular formula is C9H17NO2. The number of rotatable bonds is 4. The Hall–Kier alpha value is -0.410. The van der Waals surface area contributed by atoms with E-state index in [-0.39, 0.29) is 0 Å². The Balaban J connectivity index is 2.05. The predicted octanol–water partition coefficient (Wildman–Crippen LogP) is 0.688. The molecule has 70 valence electrons. The van der Waals surface area contributed by atoms with Gasteiger partial charge in [0, 0.05) is 39.1 Å². The highest BCUT2D eigenvalue weighted by atomic mass is 16.5. The number of carbonyl (C=O) groups is 1. The van der Waals surface area contributed by atoms with Crippen LogP contribution >= 0.6 is 0 Å². The third-order valence-electron chi connectivity index (χ3n) is 2.17. The van der Waals surface area contributed by atoms with Crippen LogP contribution in [-0.4, -0.2) is 43.5 Å². The van der Waals surface area contributed by atoms with Crippen LogP contribution in [0.4, 0.5) is 0 Å². The smallest absolute Gasteiger partial charge is 0.135 e. The van der Waals surface area contributed by atoms with Crippen molar-refractivity contribution in [2.45, 2.75) is 19.8 Å². The van der Waals surface area contributed by atoms with Crippen molar-refractivity contribution in [3.63, 3.8) is 0 Å². The van der Waals surface area contributed by atoms with Gasteiger partial charge in [0.05, 0.1) is 6.61 Å². The van der Waals surface area contributed by atoms with Crippen LogP contribution in [0.15, 0.2) is 0 Å². The van der Waals surface area contributed by atoms with E-state index in [9.17, 15) is 4.79 Å². The molecule has 0 unspecified atom stereocenters. The summed E-state index contributed by atoms with van der Waals surface area (Å²) in [6.45, 7) is 6.40. The maximum absolute atomic E-state index is 10.9. The first-order valence-corrected chi connectivity index (χ1v) is 4.64. The van der Waals surface area contributed by atoms with Crippen molar-refractivity contribution in [2.24, 2.45) is 0 Å². The molecular weight excluding hydrogens is 154 g/mol. The highest BCUT2D eigenvalue weighted by Crippen LogP contribution is 2.04. The fourth-order valence-electron chi connectivity index (χ4n) is 1.36. The number of Topliss-reactive ketones (excluding diaryl/α,β-unsaturated/α-hetero) is 1. The van der Waals surface area contributed by atoms with Crippen LogP contribution in [0.25, 0.3) is 0 Å². The second-order valence-corrected chi connectivity index (χ2v) is 3.08. The molecule has 1 saturated heterocycles. The number of carbonyl (C=O) groups excluding carboxylic acids is 1. The van der Waals surface area contributed by atoms with E-state index in [1.165, 1.54) is 0 Å². The van der Waals surface area contributed by atoms with Gasteiger partial charge in [0.15, 0.2) is 0 Å². The minimum absolute atomic E-state index is 0.405. The van der Waals surface area contributed by atoms with Gasteiger partial charge in [0.2, 0.25) is 0 Å². The molecule has 1 aliphatic rings. The Morgan fingerprint density at radius 2 is 2.08 bits per heavy atom. The lowest BCUT2D eigenvalue weighted by atomic mass is 10.1. The molecule has 0 bridgehead atoms. The molecule has 3 nitrogen and oxygen atoms in total. The SMILES string of the molecule is CCOCCN1CCC(=O)CC1. The summed E-state index contributed by atoms with van der Waals surface area (Å²) in [4.78, 5) is 13.2. The fourth-order valence-corrected chi connectivity index (χ4v) is 1.36. The number of ketones is 1. The second kappa shape index (κ2) is 5.27. The average Bonchev–Trinajstić information content (AvgIpc) is 2.09. The molecule has 0 saturated carbocycles. The molecule has 0 aromatic rings. The lowest BCUT2D eigenvalue weighted by molar-refractivity contribution is -0.121. The molecule has 0 aliphatic carbocycles. The minimum Gasteiger partial charge on any atom is -0.380 e. The normalized spacial score (nSPS) is 19.9. The molecule has 0 amide bonds. The minimum atomic E-state index is 0.405. The van der Waals surface area contributed by atoms with Gasteiger partial charge in [0.25, 0.3) is 0 Å². The van der Waals surface area contributed by atoms with Crippen LogP contribution in [0.3, 0.4) is 0 Å². The van der Waals surface area contributed by atoms with Gasteiger partial charge in [-0.3, -0.25) is 4.79 Å². The van der Waals surface area contributed by atoms with Crippen LogP contribution in [0.5, 0.6) is 0 Å². The van der Waals surface area contributed by atoms with Gasteiger partial charge in [-0.2, -0.15) is 0 Å². The molecule has 0 aromatic heterocycles. The van der Waals surface area contributed by atoms with E-state index in [1.54, 1.807) is 0 Å². The highest BCUT2D eigenvalue weighted by Gasteiger charge is 2.14. The monoisotopic (exact) mass is 171 g/mol. The number of hydrogen-bond donors (Lipinski definition) is 0. The zero-order chi connectivity index (χ0) is 8.81. The first-order chi connectivity index (χ1) is 5.83. The summed E-state index contributed by atoms with van der Waals surface area (Å²) < 4.78 is 5.24. The van der Waals surface area contributed by atoms with Crippen molar-refractivity contribution >= 4 is 5.78 Å². The zero-order valence-corrected chi connectivity index (χ0v) is 7.71. The van der Waals surface area contributed by atoms with E-state index in [2.05, 4.69) is 4.90 Å². The molecule has 1 heterocycles. The highest BCUT2D eigenvalue weighted by molar-refractivity contribution is 5.79. The third kappa shape index (κ3) is 3.32. The van der Waals surface area contributed by atoms with Gasteiger partial charge in [0.1, 0.15) is 5.78 Å². The summed E-state index contributed by atoms with van der Waals surface area (Å²) >= 11 is 0. The molecule has 0 atom stereocenters. The largest absolute Gasteiger partial charge is 0.380 e. The number of likely N-dealkylation sites (tertiary alicyclic amines) is 1. The van der Waals surface area contributed by atoms with E-state index in [0.29, 0.717) is 5.78 Å². The summed E-state index contributed by atoms with van der Waals surface area (Å²) in [6.07, 6.45) is 1.46. The molecule has 1 aliphatic heterocycles. The second-order valence-electron chi connectivity index (χ2n) is 3.08. The molecule has 0 radical (unpaired) electrons. The van der Waals surface area contributed by atoms with Crippen molar-refractivity contribution in [3.05, 3.63) is 0 Å². The first kappa shape index (κ1) is 9.68. The van der Waals surface area contributed by atoms with Crippen molar-refractivity contribution in [2.75, 3.05) is 32.8 Å². The quantitative estimate of drug-likeness (QED) is 0.583. The standard InChI is InChI=1S/C9H17NO2/c1-2-12-8-7-10-5-3-9(11)4-6-10/h2-8H2,1H3. The molecule has 1 rings (SSSR count). The van der Waals surface area contributed by atoms with Gasteiger partial charge in [-0.1, -0.05) is 0 Å². The van der Waals surface area contributed by atoms with E-state index in [0.717, 1.165) is 45.7 Å². The fraction of sp³-hybridized carbons (Fsp3) is 0.889. The summed E-state index contributed by atoms with van der Waals surface area (Å²) in [5.74, 6) is 0.405. The van der Waals surface area contributed by atoms with E-state index in [1.807, 2.05) is 6.92 Å². The molecule has 1 fully saturated rings. The first-order valence-electron chi connectivity index (χ1n) is 4.64. The Kier molecular flexibility index (Phi) is 4.25. The maximum Gasteiger partial charge on any atom is 0.135 e. The summed E-state index contributed by atoms with van der Waals surface area (Å²) in [6, 6.07) is 0. The van der Waals surface area contributed by atoms with Crippen LogP contribution in [0.2, 0.25) is 0 Å². The van der Waals surface area contributed by atoms with Gasteiger partial charge in [-0.15, -0.1) is 0 Å². The third-order valence-corrected chi connectivity index (χ3v) is 2.17. The molecule has 0 N–H and O–H groups in total. The van der Waals surface area contributed by atoms with Crippen molar-refractivity contribution in [3.8, 4) is 0 Å². The van der Waals surface area contributed by atoms with Gasteiger partial charge >= 0.3 is 0 Å². The number of hydrogen-bond acceptors (Lipinski definition) is 3. The molecule has 0 aromatic carbocycles. The van der Waals surface area contributed by atoms with Gasteiger partial charge < -0.3 is 9.64 Å². The van der Waals surface area contributed by atoms with Crippen molar-refractivity contribution in [1.82, 2.24) is 4.90 Å². The zero-order valence-electron chi connectivity index (χ0n) is 7.71. The Bertz CT molecular complexity index is 137. The van der Waals surface area contributed by atoms with Crippen LogP contribution in [0.1, 0.15) is 19.8 Å². The topological polar surface area (TPSA) is 29.5 Å². The van der Waals surface area contributed by atoms with Gasteiger partial charge in [-0.25, -0.2) is 0 Å². The van der Waals surface area contributed by atoms with Crippen molar-refractivity contribution in [1.29, 1.82) is 0 Å². The van der Waals surface area contributed by atoms with Crippen LogP contribution in [0, 0.1) is 0 Å². The van der Waals surface area contributed by atoms with Crippen LogP contribution in [-0.2, 0) is 9.53 Å². The van der Waals surface area contributed by atoms with E-state index < -0.39 is 0 Å². The van der Waals surface area contributed by atoms with Gasteiger partial charge in [-0.05, 0) is 6.92 Å². The number of ether oxygens (including phenoxy) is 1.